The molecule has 0 aliphatic carbocycles. The number of hydrogen-bond acceptors (Lipinski definition) is 4. The summed E-state index contributed by atoms with van der Waals surface area (Å²) in [5, 5.41) is 0.434. The molecule has 0 unspecified atom stereocenters. The average Bonchev–Trinajstić information content (AvgIpc) is 3.10. The van der Waals surface area contributed by atoms with Crippen LogP contribution < -0.4 is 9.52 Å². The van der Waals surface area contributed by atoms with Crippen molar-refractivity contribution in [2.45, 2.75) is 18.4 Å². The van der Waals surface area contributed by atoms with Crippen molar-refractivity contribution < 1.29 is 17.6 Å². The van der Waals surface area contributed by atoms with Crippen molar-refractivity contribution in [2.24, 2.45) is 4.99 Å². The molecule has 1 N–H and O–H groups in total. The molecule has 0 saturated heterocycles. The first-order valence-corrected chi connectivity index (χ1v) is 12.2. The van der Waals surface area contributed by atoms with E-state index in [9.17, 15) is 17.6 Å². The number of fused-ring (bicyclic) bond motifs is 1. The lowest BCUT2D eigenvalue weighted by molar-refractivity contribution is 0.0998. The third kappa shape index (κ3) is 4.59. The summed E-state index contributed by atoms with van der Waals surface area (Å²) in [4.78, 5) is 17.4. The number of hydrogen-bond donors (Lipinski definition) is 1. The fraction of sp³-hybridized carbons (Fsp3) is 0.0909. The maximum Gasteiger partial charge on any atom is 0.279 e. The molecule has 0 bridgehead atoms. The third-order valence-electron chi connectivity index (χ3n) is 4.67. The molecule has 0 atom stereocenters. The fourth-order valence-corrected chi connectivity index (χ4v) is 5.40. The monoisotopic (exact) mass is 489 g/mol. The van der Waals surface area contributed by atoms with E-state index in [2.05, 4.69) is 9.71 Å². The zero-order valence-corrected chi connectivity index (χ0v) is 19.1. The van der Waals surface area contributed by atoms with Gasteiger partial charge >= 0.3 is 0 Å². The van der Waals surface area contributed by atoms with E-state index >= 15 is 0 Å². The minimum atomic E-state index is -3.79. The predicted molar refractivity (Wildman–Crippen MR) is 124 cm³/mol. The smallest absolute Gasteiger partial charge is 0.279 e. The van der Waals surface area contributed by atoms with Crippen LogP contribution in [-0.2, 0) is 16.6 Å². The highest BCUT2D eigenvalue weighted by atomic mass is 35.5. The van der Waals surface area contributed by atoms with Gasteiger partial charge in [-0.3, -0.25) is 9.52 Å². The molecule has 1 amide bonds. The number of anilines is 1. The zero-order chi connectivity index (χ0) is 22.9. The lowest BCUT2D eigenvalue weighted by Gasteiger charge is -2.08. The molecule has 4 rings (SSSR count). The number of carbonyl (C=O) groups is 1. The molecule has 0 radical (unpaired) electrons. The predicted octanol–water partition coefficient (Wildman–Crippen LogP) is 5.06. The Morgan fingerprint density at radius 2 is 1.78 bits per heavy atom. The number of nitrogens with zero attached hydrogens (tertiary/aromatic N) is 2. The highest BCUT2D eigenvalue weighted by molar-refractivity contribution is 7.92. The average molecular weight is 490 g/mol. The van der Waals surface area contributed by atoms with Crippen LogP contribution in [0.25, 0.3) is 10.2 Å². The standard InChI is InChI=1S/C22H17ClFN3O3S2/c1-2-27-19-12-7-16(24)13-20(19)31-22(27)25-21(28)14-3-8-17(9-4-14)26-32(29,30)18-10-5-15(23)6-11-18/h3-13,26H,2H2,1H3. The van der Waals surface area contributed by atoms with Crippen molar-refractivity contribution in [3.63, 3.8) is 0 Å². The molecule has 6 nitrogen and oxygen atoms in total. The number of thiazole rings is 1. The summed E-state index contributed by atoms with van der Waals surface area (Å²) < 4.78 is 43.5. The van der Waals surface area contributed by atoms with Crippen LogP contribution in [0.3, 0.4) is 0 Å². The quantitative estimate of drug-likeness (QED) is 0.425. The summed E-state index contributed by atoms with van der Waals surface area (Å²) in [6, 6.07) is 16.2. The molecule has 0 saturated carbocycles. The highest BCUT2D eigenvalue weighted by Gasteiger charge is 2.15. The first-order valence-electron chi connectivity index (χ1n) is 9.53. The molecular formula is C22H17ClFN3O3S2. The Morgan fingerprint density at radius 1 is 1.09 bits per heavy atom. The first kappa shape index (κ1) is 22.2. The van der Waals surface area contributed by atoms with E-state index < -0.39 is 15.9 Å². The van der Waals surface area contributed by atoms with Gasteiger partial charge in [-0.1, -0.05) is 22.9 Å². The molecule has 0 aliphatic rings. The fourth-order valence-electron chi connectivity index (χ4n) is 3.10. The van der Waals surface area contributed by atoms with E-state index in [1.165, 1.54) is 72.0 Å². The zero-order valence-electron chi connectivity index (χ0n) is 16.7. The van der Waals surface area contributed by atoms with Crippen molar-refractivity contribution in [1.82, 2.24) is 4.57 Å². The lowest BCUT2D eigenvalue weighted by Crippen LogP contribution is -2.16. The molecule has 32 heavy (non-hydrogen) atoms. The van der Waals surface area contributed by atoms with Crippen LogP contribution in [0.1, 0.15) is 17.3 Å². The number of rotatable bonds is 5. The van der Waals surface area contributed by atoms with E-state index in [4.69, 9.17) is 11.6 Å². The van der Waals surface area contributed by atoms with Gasteiger partial charge in [-0.2, -0.15) is 4.99 Å². The highest BCUT2D eigenvalue weighted by Crippen LogP contribution is 2.20. The molecule has 1 heterocycles. The van der Waals surface area contributed by atoms with Crippen LogP contribution in [0.15, 0.2) is 76.6 Å². The van der Waals surface area contributed by atoms with Crippen molar-refractivity contribution in [1.29, 1.82) is 0 Å². The van der Waals surface area contributed by atoms with Gasteiger partial charge in [0.2, 0.25) is 0 Å². The summed E-state index contributed by atoms with van der Waals surface area (Å²) in [5.41, 5.74) is 1.40. The van der Waals surface area contributed by atoms with E-state index in [1.807, 2.05) is 11.5 Å². The molecule has 10 heteroatoms. The Bertz CT molecular complexity index is 1480. The normalized spacial score (nSPS) is 12.3. The van der Waals surface area contributed by atoms with Crippen molar-refractivity contribution in [2.75, 3.05) is 4.72 Å². The Kier molecular flexibility index (Phi) is 6.14. The Morgan fingerprint density at radius 3 is 2.44 bits per heavy atom. The Hall–Kier alpha value is -3.01. The van der Waals surface area contributed by atoms with Gasteiger partial charge in [0.15, 0.2) is 4.80 Å². The van der Waals surface area contributed by atoms with Gasteiger partial charge in [-0.15, -0.1) is 0 Å². The lowest BCUT2D eigenvalue weighted by atomic mass is 10.2. The molecule has 1 aromatic heterocycles. The van der Waals surface area contributed by atoms with Crippen molar-refractivity contribution in [3.05, 3.63) is 87.9 Å². The largest absolute Gasteiger partial charge is 0.317 e. The maximum atomic E-state index is 13.5. The van der Waals surface area contributed by atoms with Gasteiger partial charge in [0, 0.05) is 22.8 Å². The minimum Gasteiger partial charge on any atom is -0.317 e. The number of carbonyl (C=O) groups excluding carboxylic acids is 1. The second kappa shape index (κ2) is 8.85. The van der Waals surface area contributed by atoms with Crippen LogP contribution >= 0.6 is 22.9 Å². The number of aryl methyl sites for hydroxylation is 1. The van der Waals surface area contributed by atoms with Crippen molar-refractivity contribution in [3.8, 4) is 0 Å². The second-order valence-corrected chi connectivity index (χ2v) is 9.92. The van der Waals surface area contributed by atoms with Gasteiger partial charge in [0.25, 0.3) is 15.9 Å². The van der Waals surface area contributed by atoms with Gasteiger partial charge in [0.1, 0.15) is 5.82 Å². The number of halogens is 2. The summed E-state index contributed by atoms with van der Waals surface area (Å²) in [7, 11) is -3.79. The van der Waals surface area contributed by atoms with E-state index in [-0.39, 0.29) is 10.7 Å². The molecule has 4 aromatic rings. The van der Waals surface area contributed by atoms with Crippen LogP contribution in [0, 0.1) is 5.82 Å². The summed E-state index contributed by atoms with van der Waals surface area (Å²) in [6.07, 6.45) is 0. The van der Waals surface area contributed by atoms with Crippen LogP contribution in [0.5, 0.6) is 0 Å². The summed E-state index contributed by atoms with van der Waals surface area (Å²) in [6.45, 7) is 2.49. The molecule has 0 fully saturated rings. The van der Waals surface area contributed by atoms with E-state index in [0.29, 0.717) is 32.3 Å². The molecule has 0 aliphatic heterocycles. The van der Waals surface area contributed by atoms with Crippen LogP contribution in [0.2, 0.25) is 5.02 Å². The van der Waals surface area contributed by atoms with Gasteiger partial charge in [-0.25, -0.2) is 12.8 Å². The number of amides is 1. The van der Waals surface area contributed by atoms with E-state index in [1.54, 1.807) is 6.07 Å². The second-order valence-electron chi connectivity index (χ2n) is 6.79. The first-order chi connectivity index (χ1) is 15.3. The Balaban J connectivity index is 1.59. The Labute approximate surface area is 192 Å². The van der Waals surface area contributed by atoms with E-state index in [0.717, 1.165) is 5.52 Å². The topological polar surface area (TPSA) is 80.5 Å². The summed E-state index contributed by atoms with van der Waals surface area (Å²) >= 11 is 7.03. The molecule has 3 aromatic carbocycles. The number of sulfonamides is 1. The van der Waals surface area contributed by atoms with Crippen LogP contribution in [-0.4, -0.2) is 18.9 Å². The number of benzene rings is 3. The SMILES string of the molecule is CCn1c(=NC(=O)c2ccc(NS(=O)(=O)c3ccc(Cl)cc3)cc2)sc2cc(F)ccc21. The number of aromatic nitrogens is 1. The molecule has 0 spiro atoms. The summed E-state index contributed by atoms with van der Waals surface area (Å²) in [5.74, 6) is -0.831. The number of nitrogens with one attached hydrogen (secondary N) is 1. The molecule has 164 valence electrons. The maximum absolute atomic E-state index is 13.5. The van der Waals surface area contributed by atoms with Gasteiger partial charge in [0.05, 0.1) is 15.1 Å². The van der Waals surface area contributed by atoms with Gasteiger partial charge in [-0.05, 0) is 73.7 Å². The van der Waals surface area contributed by atoms with Gasteiger partial charge < -0.3 is 4.57 Å². The van der Waals surface area contributed by atoms with Crippen LogP contribution in [0.4, 0.5) is 10.1 Å². The third-order valence-corrected chi connectivity index (χ3v) is 7.36. The molecular weight excluding hydrogens is 473 g/mol. The van der Waals surface area contributed by atoms with Crippen molar-refractivity contribution >= 4 is 54.8 Å². The minimum absolute atomic E-state index is 0.0716.